The fraction of sp³-hybridized carbons (Fsp3) is 0.933. The zero-order chi connectivity index (χ0) is 15.8. The number of piperidine rings is 1. The molecule has 0 N–H and O–H groups in total. The molecule has 1 amide bonds. The van der Waals surface area contributed by atoms with Gasteiger partial charge < -0.3 is 14.4 Å². The molecule has 1 aliphatic carbocycles. The highest BCUT2D eigenvalue weighted by Gasteiger charge is 2.45. The predicted molar refractivity (Wildman–Crippen MR) is 81.3 cm³/mol. The van der Waals surface area contributed by atoms with Gasteiger partial charge in [-0.3, -0.25) is 4.79 Å². The Morgan fingerprint density at radius 2 is 2.18 bits per heavy atom. The zero-order valence-electron chi connectivity index (χ0n) is 13.1. The van der Waals surface area contributed by atoms with Gasteiger partial charge in [-0.1, -0.05) is 0 Å². The molecule has 2 saturated heterocycles. The number of hydrogen-bond acceptors (Lipinski definition) is 5. The lowest BCUT2D eigenvalue weighted by Gasteiger charge is -2.39. The van der Waals surface area contributed by atoms with Crippen LogP contribution in [0.15, 0.2) is 0 Å². The molecular formula is C15H25NO5S. The van der Waals surface area contributed by atoms with Gasteiger partial charge in [-0.05, 0) is 31.6 Å². The summed E-state index contributed by atoms with van der Waals surface area (Å²) < 4.78 is 34.5. The van der Waals surface area contributed by atoms with E-state index in [4.69, 9.17) is 9.47 Å². The molecule has 2 heterocycles. The Balaban J connectivity index is 1.54. The first-order chi connectivity index (χ1) is 10.4. The molecule has 22 heavy (non-hydrogen) atoms. The largest absolute Gasteiger partial charge is 0.375 e. The van der Waals surface area contributed by atoms with E-state index in [1.807, 2.05) is 0 Å². The summed E-state index contributed by atoms with van der Waals surface area (Å²) in [5.41, 5.74) is -0.334. The van der Waals surface area contributed by atoms with Crippen molar-refractivity contribution < 1.29 is 22.7 Å². The molecule has 0 radical (unpaired) electrons. The Morgan fingerprint density at radius 1 is 1.41 bits per heavy atom. The van der Waals surface area contributed by atoms with Crippen LogP contribution in [0.2, 0.25) is 0 Å². The van der Waals surface area contributed by atoms with E-state index in [1.165, 1.54) is 12.8 Å². The molecule has 7 heteroatoms. The molecule has 6 nitrogen and oxygen atoms in total. The number of hydrogen-bond donors (Lipinski definition) is 0. The molecule has 3 rings (SSSR count). The normalized spacial score (nSPS) is 32.6. The number of likely N-dealkylation sites (tertiary alicyclic amines) is 1. The molecular weight excluding hydrogens is 306 g/mol. The van der Waals surface area contributed by atoms with Gasteiger partial charge in [0, 0.05) is 32.4 Å². The van der Waals surface area contributed by atoms with Crippen LogP contribution in [-0.4, -0.2) is 69.2 Å². The van der Waals surface area contributed by atoms with Crippen LogP contribution in [0.3, 0.4) is 0 Å². The van der Waals surface area contributed by atoms with Crippen LogP contribution in [0.5, 0.6) is 0 Å². The molecule has 2 atom stereocenters. The highest BCUT2D eigenvalue weighted by molar-refractivity contribution is 7.91. The van der Waals surface area contributed by atoms with E-state index in [1.54, 1.807) is 4.90 Å². The maximum atomic E-state index is 12.1. The Labute approximate surface area is 132 Å². The van der Waals surface area contributed by atoms with Crippen molar-refractivity contribution in [1.82, 2.24) is 4.90 Å². The SMILES string of the molecule is CS(=O)(=O)CC(=O)N1CCC[C@]2(C[C@H](OCC3CC3)CO2)C1. The fourth-order valence-corrected chi connectivity index (χ4v) is 4.01. The lowest BCUT2D eigenvalue weighted by Crippen LogP contribution is -2.51. The minimum Gasteiger partial charge on any atom is -0.375 e. The summed E-state index contributed by atoms with van der Waals surface area (Å²) in [5, 5.41) is 0. The Bertz CT molecular complexity index is 530. The van der Waals surface area contributed by atoms with Crippen molar-refractivity contribution in [2.75, 3.05) is 38.3 Å². The number of sulfone groups is 1. The van der Waals surface area contributed by atoms with Gasteiger partial charge in [-0.25, -0.2) is 8.42 Å². The van der Waals surface area contributed by atoms with E-state index in [0.29, 0.717) is 19.7 Å². The van der Waals surface area contributed by atoms with Gasteiger partial charge >= 0.3 is 0 Å². The van der Waals surface area contributed by atoms with Gasteiger partial charge in [0.05, 0.1) is 18.3 Å². The van der Waals surface area contributed by atoms with Crippen molar-refractivity contribution in [3.63, 3.8) is 0 Å². The molecule has 1 saturated carbocycles. The molecule has 0 bridgehead atoms. The molecule has 0 aromatic heterocycles. The second-order valence-electron chi connectivity index (χ2n) is 7.09. The fourth-order valence-electron chi connectivity index (χ4n) is 3.38. The van der Waals surface area contributed by atoms with Crippen molar-refractivity contribution in [3.05, 3.63) is 0 Å². The highest BCUT2D eigenvalue weighted by atomic mass is 32.2. The summed E-state index contributed by atoms with van der Waals surface area (Å²) in [4.78, 5) is 13.8. The lowest BCUT2D eigenvalue weighted by atomic mass is 9.89. The summed E-state index contributed by atoms with van der Waals surface area (Å²) in [5.74, 6) is 0.00768. The second kappa shape index (κ2) is 6.09. The maximum absolute atomic E-state index is 12.1. The van der Waals surface area contributed by atoms with E-state index in [9.17, 15) is 13.2 Å². The third-order valence-corrected chi connectivity index (χ3v) is 5.49. The van der Waals surface area contributed by atoms with Gasteiger partial charge in [-0.2, -0.15) is 0 Å². The van der Waals surface area contributed by atoms with Crippen LogP contribution in [-0.2, 0) is 24.1 Å². The van der Waals surface area contributed by atoms with Gasteiger partial charge in [0.25, 0.3) is 0 Å². The van der Waals surface area contributed by atoms with E-state index < -0.39 is 15.6 Å². The van der Waals surface area contributed by atoms with E-state index >= 15 is 0 Å². The van der Waals surface area contributed by atoms with Crippen molar-refractivity contribution in [3.8, 4) is 0 Å². The van der Waals surface area contributed by atoms with Crippen molar-refractivity contribution in [2.24, 2.45) is 5.92 Å². The first kappa shape index (κ1) is 16.2. The number of carbonyl (C=O) groups is 1. The quantitative estimate of drug-likeness (QED) is 0.738. The number of amides is 1. The summed E-state index contributed by atoms with van der Waals surface area (Å²) in [6, 6.07) is 0. The molecule has 1 spiro atoms. The number of ether oxygens (including phenoxy) is 2. The summed E-state index contributed by atoms with van der Waals surface area (Å²) in [6.45, 7) is 2.51. The summed E-state index contributed by atoms with van der Waals surface area (Å²) in [7, 11) is -3.29. The minimum absolute atomic E-state index is 0.116. The van der Waals surface area contributed by atoms with Crippen molar-refractivity contribution in [2.45, 2.75) is 43.8 Å². The molecule has 3 fully saturated rings. The van der Waals surface area contributed by atoms with E-state index in [2.05, 4.69) is 0 Å². The second-order valence-corrected chi connectivity index (χ2v) is 9.23. The smallest absolute Gasteiger partial charge is 0.237 e. The predicted octanol–water partition coefficient (Wildman–Crippen LogP) is 0.608. The monoisotopic (exact) mass is 331 g/mol. The van der Waals surface area contributed by atoms with Crippen LogP contribution in [0.1, 0.15) is 32.1 Å². The molecule has 0 unspecified atom stereocenters. The number of carbonyl (C=O) groups excluding carboxylic acids is 1. The third-order valence-electron chi connectivity index (χ3n) is 4.72. The van der Waals surface area contributed by atoms with Gasteiger partial charge in [-0.15, -0.1) is 0 Å². The third kappa shape index (κ3) is 4.20. The molecule has 0 aromatic carbocycles. The van der Waals surface area contributed by atoms with Crippen LogP contribution in [0.4, 0.5) is 0 Å². The average molecular weight is 331 g/mol. The van der Waals surface area contributed by atoms with Crippen LogP contribution < -0.4 is 0 Å². The van der Waals surface area contributed by atoms with Gasteiger partial charge in [0.2, 0.25) is 5.91 Å². The Kier molecular flexibility index (Phi) is 4.49. The van der Waals surface area contributed by atoms with Gasteiger partial charge in [0.1, 0.15) is 5.75 Å². The number of nitrogens with zero attached hydrogens (tertiary/aromatic N) is 1. The first-order valence-corrected chi connectivity index (χ1v) is 10.1. The first-order valence-electron chi connectivity index (χ1n) is 8.06. The molecule has 0 aromatic rings. The minimum atomic E-state index is -3.29. The van der Waals surface area contributed by atoms with Crippen LogP contribution in [0, 0.1) is 5.92 Å². The Hall–Kier alpha value is -0.660. The number of rotatable bonds is 5. The summed E-state index contributed by atoms with van der Waals surface area (Å²) >= 11 is 0. The average Bonchev–Trinajstić information content (AvgIpc) is 3.18. The molecule has 126 valence electrons. The van der Waals surface area contributed by atoms with Crippen molar-refractivity contribution >= 4 is 15.7 Å². The van der Waals surface area contributed by atoms with Gasteiger partial charge in [0.15, 0.2) is 9.84 Å². The van der Waals surface area contributed by atoms with Crippen molar-refractivity contribution in [1.29, 1.82) is 0 Å². The molecule has 3 aliphatic rings. The topological polar surface area (TPSA) is 72.9 Å². The van der Waals surface area contributed by atoms with E-state index in [0.717, 1.165) is 38.0 Å². The standard InChI is InChI=1S/C15H25NO5S/c1-22(18,19)10-14(17)16-6-2-5-15(11-16)7-13(9-21-15)20-8-12-3-4-12/h12-13H,2-11H2,1H3/t13-,15-/m0/s1. The highest BCUT2D eigenvalue weighted by Crippen LogP contribution is 2.37. The zero-order valence-corrected chi connectivity index (χ0v) is 13.9. The van der Waals surface area contributed by atoms with Crippen LogP contribution >= 0.6 is 0 Å². The lowest BCUT2D eigenvalue weighted by molar-refractivity contribution is -0.136. The van der Waals surface area contributed by atoms with Crippen LogP contribution in [0.25, 0.3) is 0 Å². The summed E-state index contributed by atoms with van der Waals surface area (Å²) in [6.07, 6.45) is 6.33. The van der Waals surface area contributed by atoms with E-state index in [-0.39, 0.29) is 17.6 Å². The maximum Gasteiger partial charge on any atom is 0.237 e. The molecule has 2 aliphatic heterocycles. The Morgan fingerprint density at radius 3 is 2.86 bits per heavy atom.